The largest absolute Gasteiger partial charge is 0.481 e. The van der Waals surface area contributed by atoms with Gasteiger partial charge in [-0.1, -0.05) is 0 Å². The second-order valence-electron chi connectivity index (χ2n) is 5.12. The molecular weight excluding hydrogens is 322 g/mol. The number of hydrogen-bond donors (Lipinski definition) is 2. The first-order chi connectivity index (χ1) is 10.7. The number of alkyl halides is 3. The van der Waals surface area contributed by atoms with E-state index in [1.54, 1.807) is 0 Å². The molecule has 1 aromatic rings. The highest BCUT2D eigenvalue weighted by Gasteiger charge is 2.53. The number of nitrogens with zero attached hydrogens (tertiary/aromatic N) is 2. The van der Waals surface area contributed by atoms with Gasteiger partial charge in [0, 0.05) is 13.1 Å². The quantitative estimate of drug-likeness (QED) is 0.823. The average molecular weight is 335 g/mol. The molecule has 1 aliphatic heterocycles. The van der Waals surface area contributed by atoms with Gasteiger partial charge in [-0.3, -0.25) is 9.78 Å². The number of hydrogen-bond acceptors (Lipinski definition) is 3. The van der Waals surface area contributed by atoms with Gasteiger partial charge in [0.2, 0.25) is 0 Å². The molecule has 1 saturated heterocycles. The Morgan fingerprint density at radius 1 is 1.35 bits per heavy atom. The number of nitrogens with one attached hydrogen (secondary N) is 1. The Kier molecular flexibility index (Phi) is 4.71. The minimum atomic E-state index is -4.70. The van der Waals surface area contributed by atoms with E-state index in [9.17, 15) is 27.2 Å². The zero-order valence-corrected chi connectivity index (χ0v) is 11.7. The third-order valence-electron chi connectivity index (χ3n) is 3.55. The van der Waals surface area contributed by atoms with Gasteiger partial charge in [-0.15, -0.1) is 0 Å². The van der Waals surface area contributed by atoms with Crippen LogP contribution in [0.5, 0.6) is 0 Å². The van der Waals surface area contributed by atoms with Gasteiger partial charge in [-0.2, -0.15) is 13.2 Å². The van der Waals surface area contributed by atoms with Crippen molar-refractivity contribution in [1.29, 1.82) is 0 Å². The molecule has 10 heteroatoms. The van der Waals surface area contributed by atoms with Crippen LogP contribution in [-0.4, -0.2) is 46.3 Å². The summed E-state index contributed by atoms with van der Waals surface area (Å²) in [6, 6.07) is 1.62. The molecule has 2 amide bonds. The van der Waals surface area contributed by atoms with Crippen molar-refractivity contribution in [2.45, 2.75) is 12.7 Å². The van der Waals surface area contributed by atoms with E-state index < -0.39 is 48.9 Å². The normalized spacial score (nSPS) is 21.3. The van der Waals surface area contributed by atoms with Crippen LogP contribution in [-0.2, 0) is 11.3 Å². The van der Waals surface area contributed by atoms with Crippen molar-refractivity contribution < 1.29 is 32.3 Å². The Morgan fingerprint density at radius 3 is 2.52 bits per heavy atom. The van der Waals surface area contributed by atoms with Gasteiger partial charge in [0.15, 0.2) is 0 Å². The molecule has 2 rings (SSSR count). The van der Waals surface area contributed by atoms with Crippen molar-refractivity contribution in [2.24, 2.45) is 11.8 Å². The Balaban J connectivity index is 1.97. The monoisotopic (exact) mass is 335 g/mol. The lowest BCUT2D eigenvalue weighted by Gasteiger charge is -2.18. The number of rotatable bonds is 3. The van der Waals surface area contributed by atoms with Crippen LogP contribution in [0, 0.1) is 17.7 Å². The number of aromatic nitrogens is 1. The van der Waals surface area contributed by atoms with Crippen LogP contribution in [0.2, 0.25) is 0 Å². The van der Waals surface area contributed by atoms with Gasteiger partial charge in [-0.05, 0) is 12.1 Å². The second-order valence-corrected chi connectivity index (χ2v) is 5.12. The SMILES string of the molecule is O=C(O)[C@@H]1CN(C(=O)NCc2ccc(F)cn2)C[C@H]1C(F)(F)F. The van der Waals surface area contributed by atoms with Crippen LogP contribution < -0.4 is 5.32 Å². The van der Waals surface area contributed by atoms with Gasteiger partial charge >= 0.3 is 18.2 Å². The molecular formula is C13H13F4N3O3. The molecule has 23 heavy (non-hydrogen) atoms. The number of carbonyl (C=O) groups excluding carboxylic acids is 1. The molecule has 2 atom stereocenters. The van der Waals surface area contributed by atoms with E-state index in [0.717, 1.165) is 17.2 Å². The molecule has 1 aromatic heterocycles. The van der Waals surface area contributed by atoms with Gasteiger partial charge in [0.1, 0.15) is 5.82 Å². The lowest BCUT2D eigenvalue weighted by Crippen LogP contribution is -2.39. The van der Waals surface area contributed by atoms with Crippen molar-refractivity contribution in [2.75, 3.05) is 13.1 Å². The highest BCUT2D eigenvalue weighted by Crippen LogP contribution is 2.37. The fourth-order valence-corrected chi connectivity index (χ4v) is 2.34. The summed E-state index contributed by atoms with van der Waals surface area (Å²) in [4.78, 5) is 27.3. The van der Waals surface area contributed by atoms with E-state index in [1.165, 1.54) is 6.07 Å². The lowest BCUT2D eigenvalue weighted by molar-refractivity contribution is -0.187. The maximum Gasteiger partial charge on any atom is 0.394 e. The fraction of sp³-hybridized carbons (Fsp3) is 0.462. The van der Waals surface area contributed by atoms with Crippen molar-refractivity contribution in [1.82, 2.24) is 15.2 Å². The maximum atomic E-state index is 12.8. The number of halogens is 4. The summed E-state index contributed by atoms with van der Waals surface area (Å²) < 4.78 is 51.2. The Morgan fingerprint density at radius 2 is 2.04 bits per heavy atom. The summed E-state index contributed by atoms with van der Waals surface area (Å²) >= 11 is 0. The standard InChI is InChI=1S/C13H13F4N3O3/c14-7-1-2-8(18-3-7)4-19-12(23)20-5-9(11(21)22)10(6-20)13(15,16)17/h1-3,9-10H,4-6H2,(H,19,23)(H,21,22)/t9-,10-/m1/s1. The molecule has 6 nitrogen and oxygen atoms in total. The molecule has 126 valence electrons. The van der Waals surface area contributed by atoms with Crippen molar-refractivity contribution >= 4 is 12.0 Å². The molecule has 0 saturated carbocycles. The van der Waals surface area contributed by atoms with Gasteiger partial charge in [0.05, 0.1) is 30.3 Å². The number of likely N-dealkylation sites (tertiary alicyclic amines) is 1. The van der Waals surface area contributed by atoms with Crippen molar-refractivity contribution in [3.8, 4) is 0 Å². The van der Waals surface area contributed by atoms with Gasteiger partial charge in [0.25, 0.3) is 0 Å². The summed E-state index contributed by atoms with van der Waals surface area (Å²) in [7, 11) is 0. The van der Waals surface area contributed by atoms with Gasteiger partial charge < -0.3 is 15.3 Å². The minimum Gasteiger partial charge on any atom is -0.481 e. The van der Waals surface area contributed by atoms with Crippen LogP contribution in [0.3, 0.4) is 0 Å². The van der Waals surface area contributed by atoms with Gasteiger partial charge in [-0.25, -0.2) is 9.18 Å². The zero-order valence-electron chi connectivity index (χ0n) is 11.7. The molecule has 0 aromatic carbocycles. The molecule has 2 heterocycles. The van der Waals surface area contributed by atoms with E-state index in [4.69, 9.17) is 5.11 Å². The maximum absolute atomic E-state index is 12.8. The predicted molar refractivity (Wildman–Crippen MR) is 68.7 cm³/mol. The highest BCUT2D eigenvalue weighted by molar-refractivity contribution is 5.77. The Labute approximate surface area is 128 Å². The summed E-state index contributed by atoms with van der Waals surface area (Å²) in [5.74, 6) is -5.95. The summed E-state index contributed by atoms with van der Waals surface area (Å²) in [5.41, 5.74) is 0.320. The molecule has 0 unspecified atom stereocenters. The highest BCUT2D eigenvalue weighted by atomic mass is 19.4. The minimum absolute atomic E-state index is 0.107. The summed E-state index contributed by atoms with van der Waals surface area (Å²) in [6.45, 7) is -1.35. The van der Waals surface area contributed by atoms with E-state index in [-0.39, 0.29) is 6.54 Å². The predicted octanol–water partition coefficient (Wildman–Crippen LogP) is 1.63. The smallest absolute Gasteiger partial charge is 0.394 e. The number of carbonyl (C=O) groups is 2. The van der Waals surface area contributed by atoms with E-state index >= 15 is 0 Å². The number of pyridine rings is 1. The first-order valence-electron chi connectivity index (χ1n) is 6.61. The molecule has 2 N–H and O–H groups in total. The molecule has 0 bridgehead atoms. The van der Waals surface area contributed by atoms with E-state index in [1.807, 2.05) is 0 Å². The Bertz CT molecular complexity index is 591. The Hall–Kier alpha value is -2.39. The number of carboxylic acid groups (broad SMARTS) is 1. The van der Waals surface area contributed by atoms with Crippen LogP contribution in [0.1, 0.15) is 5.69 Å². The number of carboxylic acids is 1. The third-order valence-corrected chi connectivity index (χ3v) is 3.55. The first kappa shape index (κ1) is 17.0. The molecule has 1 fully saturated rings. The van der Waals surface area contributed by atoms with E-state index in [0.29, 0.717) is 5.69 Å². The molecule has 0 radical (unpaired) electrons. The third kappa shape index (κ3) is 4.08. The van der Waals surface area contributed by atoms with Crippen molar-refractivity contribution in [3.63, 3.8) is 0 Å². The fourth-order valence-electron chi connectivity index (χ4n) is 2.34. The zero-order chi connectivity index (χ0) is 17.2. The van der Waals surface area contributed by atoms with Crippen LogP contribution >= 0.6 is 0 Å². The van der Waals surface area contributed by atoms with Crippen molar-refractivity contribution in [3.05, 3.63) is 29.8 Å². The average Bonchev–Trinajstić information content (AvgIpc) is 2.92. The van der Waals surface area contributed by atoms with Crippen LogP contribution in [0.15, 0.2) is 18.3 Å². The lowest BCUT2D eigenvalue weighted by atomic mass is 9.96. The molecule has 0 aliphatic carbocycles. The topological polar surface area (TPSA) is 82.5 Å². The van der Waals surface area contributed by atoms with Crippen LogP contribution in [0.25, 0.3) is 0 Å². The second kappa shape index (κ2) is 6.39. The van der Waals surface area contributed by atoms with Crippen LogP contribution in [0.4, 0.5) is 22.4 Å². The number of aliphatic carboxylic acids is 1. The molecule has 0 spiro atoms. The summed E-state index contributed by atoms with van der Waals surface area (Å²) in [6.07, 6.45) is -3.76. The molecule has 1 aliphatic rings. The van der Waals surface area contributed by atoms with E-state index in [2.05, 4.69) is 10.3 Å². The number of urea groups is 1. The first-order valence-corrected chi connectivity index (χ1v) is 6.61. The number of amides is 2. The summed E-state index contributed by atoms with van der Waals surface area (Å²) in [5, 5.41) is 11.2.